The molecule has 0 radical (unpaired) electrons. The Labute approximate surface area is 168 Å². The van der Waals surface area contributed by atoms with Crippen molar-refractivity contribution < 1.29 is 22.7 Å². The Kier molecular flexibility index (Phi) is 6.17. The van der Waals surface area contributed by atoms with Gasteiger partial charge in [0.25, 0.3) is 5.91 Å². The number of hydrogen-bond donors (Lipinski definition) is 1. The molecule has 0 bridgehead atoms. The quantitative estimate of drug-likeness (QED) is 0.721. The first-order valence-electron chi connectivity index (χ1n) is 8.91. The van der Waals surface area contributed by atoms with Gasteiger partial charge in [-0.25, -0.2) is 8.42 Å². The molecule has 1 aliphatic heterocycles. The first-order chi connectivity index (χ1) is 13.3. The van der Waals surface area contributed by atoms with Gasteiger partial charge in [-0.2, -0.15) is 4.31 Å². The number of amides is 1. The van der Waals surface area contributed by atoms with Gasteiger partial charge in [-0.05, 0) is 42.8 Å². The van der Waals surface area contributed by atoms with E-state index in [0.717, 1.165) is 22.5 Å². The number of rotatable bonds is 6. The van der Waals surface area contributed by atoms with E-state index in [9.17, 15) is 18.0 Å². The molecule has 7 nitrogen and oxygen atoms in total. The largest absolute Gasteiger partial charge is 0.462 e. The zero-order chi connectivity index (χ0) is 20.3. The molecule has 28 heavy (non-hydrogen) atoms. The van der Waals surface area contributed by atoms with Crippen molar-refractivity contribution in [3.8, 4) is 0 Å². The third kappa shape index (κ3) is 4.43. The second kappa shape index (κ2) is 8.42. The van der Waals surface area contributed by atoms with Gasteiger partial charge in [0.15, 0.2) is 0 Å². The van der Waals surface area contributed by atoms with E-state index in [1.54, 1.807) is 19.2 Å². The van der Waals surface area contributed by atoms with Crippen LogP contribution >= 0.6 is 11.3 Å². The zero-order valence-corrected chi connectivity index (χ0v) is 17.3. The fourth-order valence-corrected chi connectivity index (χ4v) is 5.75. The van der Waals surface area contributed by atoms with E-state index in [-0.39, 0.29) is 29.0 Å². The van der Waals surface area contributed by atoms with Crippen LogP contribution < -0.4 is 5.32 Å². The summed E-state index contributed by atoms with van der Waals surface area (Å²) in [7, 11) is -3.83. The molecule has 0 atom stereocenters. The molecule has 150 valence electrons. The Bertz CT molecular complexity index is 982. The first kappa shape index (κ1) is 20.5. The van der Waals surface area contributed by atoms with E-state index in [0.29, 0.717) is 13.0 Å². The number of thiophene rings is 1. The summed E-state index contributed by atoms with van der Waals surface area (Å²) in [6.45, 7) is 3.74. The van der Waals surface area contributed by atoms with E-state index in [4.69, 9.17) is 4.74 Å². The Morgan fingerprint density at radius 3 is 2.64 bits per heavy atom. The summed E-state index contributed by atoms with van der Waals surface area (Å²) >= 11 is 1.03. The van der Waals surface area contributed by atoms with Crippen molar-refractivity contribution in [2.75, 3.05) is 13.1 Å². The predicted octanol–water partition coefficient (Wildman–Crippen LogP) is 2.18. The maximum atomic E-state index is 13.1. The van der Waals surface area contributed by atoms with Gasteiger partial charge < -0.3 is 10.1 Å². The van der Waals surface area contributed by atoms with E-state index < -0.39 is 21.9 Å². The summed E-state index contributed by atoms with van der Waals surface area (Å²) in [5.41, 5.74) is 2.11. The van der Waals surface area contributed by atoms with Crippen molar-refractivity contribution >= 4 is 33.2 Å². The molecule has 2 heterocycles. The zero-order valence-electron chi connectivity index (χ0n) is 15.7. The van der Waals surface area contributed by atoms with E-state index in [2.05, 4.69) is 5.32 Å². The summed E-state index contributed by atoms with van der Waals surface area (Å²) in [5.74, 6) is -1.18. The summed E-state index contributed by atoms with van der Waals surface area (Å²) in [5, 5.41) is 4.00. The van der Waals surface area contributed by atoms with Crippen LogP contribution in [0.25, 0.3) is 0 Å². The van der Waals surface area contributed by atoms with Crippen LogP contribution in [0.1, 0.15) is 34.6 Å². The Hall–Kier alpha value is -2.23. The van der Waals surface area contributed by atoms with Crippen LogP contribution in [0.2, 0.25) is 0 Å². The third-order valence-electron chi connectivity index (χ3n) is 4.31. The number of nitrogens with zero attached hydrogens (tertiary/aromatic N) is 1. The van der Waals surface area contributed by atoms with Crippen molar-refractivity contribution in [2.24, 2.45) is 0 Å². The number of fused-ring (bicyclic) bond motifs is 1. The number of ether oxygens (including phenoxy) is 1. The van der Waals surface area contributed by atoms with Crippen LogP contribution in [0, 0.1) is 0 Å². The van der Waals surface area contributed by atoms with Crippen molar-refractivity contribution in [3.05, 3.63) is 51.7 Å². The van der Waals surface area contributed by atoms with Crippen LogP contribution in [-0.2, 0) is 32.5 Å². The summed E-state index contributed by atoms with van der Waals surface area (Å²) in [4.78, 5) is 24.1. The van der Waals surface area contributed by atoms with Gasteiger partial charge in [-0.15, -0.1) is 11.3 Å². The van der Waals surface area contributed by atoms with E-state index in [1.807, 2.05) is 24.3 Å². The van der Waals surface area contributed by atoms with Gasteiger partial charge in [-0.3, -0.25) is 9.59 Å². The van der Waals surface area contributed by atoms with Gasteiger partial charge in [-0.1, -0.05) is 24.3 Å². The van der Waals surface area contributed by atoms with Gasteiger partial charge in [0.1, 0.15) is 16.3 Å². The molecule has 1 N–H and O–H groups in total. The number of hydrogen-bond acceptors (Lipinski definition) is 6. The molecule has 1 aromatic heterocycles. The van der Waals surface area contributed by atoms with Crippen LogP contribution in [0.15, 0.2) is 40.6 Å². The third-order valence-corrected chi connectivity index (χ3v) is 7.24. The lowest BCUT2D eigenvalue weighted by molar-refractivity contribution is -0.146. The van der Waals surface area contributed by atoms with Gasteiger partial charge in [0, 0.05) is 13.1 Å². The standard InChI is InChI=1S/C19H22N2O5S2/c1-13(2)26-17(22)11-20-19(23)18-16(8-10-27-18)28(24,25)21-9-7-14-5-3-4-6-15(14)12-21/h3-6,8,10,13H,7,9,11-12H2,1-2H3,(H,20,23). The monoisotopic (exact) mass is 422 g/mol. The average molecular weight is 423 g/mol. The normalized spacial score (nSPS) is 14.5. The van der Waals surface area contributed by atoms with Crippen molar-refractivity contribution in [3.63, 3.8) is 0 Å². The minimum Gasteiger partial charge on any atom is -0.462 e. The second-order valence-electron chi connectivity index (χ2n) is 6.69. The smallest absolute Gasteiger partial charge is 0.325 e. The molecule has 0 spiro atoms. The predicted molar refractivity (Wildman–Crippen MR) is 106 cm³/mol. The average Bonchev–Trinajstić information content (AvgIpc) is 3.16. The Balaban J connectivity index is 1.75. The summed E-state index contributed by atoms with van der Waals surface area (Å²) in [6.07, 6.45) is 0.339. The lowest BCUT2D eigenvalue weighted by Crippen LogP contribution is -2.37. The van der Waals surface area contributed by atoms with Gasteiger partial charge in [0.2, 0.25) is 10.0 Å². The number of sulfonamides is 1. The SMILES string of the molecule is CC(C)OC(=O)CNC(=O)c1sccc1S(=O)(=O)N1CCc2ccccc2C1. The molecular formula is C19H22N2O5S2. The number of nitrogens with one attached hydrogen (secondary N) is 1. The molecule has 0 saturated carbocycles. The molecule has 1 aliphatic rings. The highest BCUT2D eigenvalue weighted by Crippen LogP contribution is 2.29. The Morgan fingerprint density at radius 2 is 1.93 bits per heavy atom. The highest BCUT2D eigenvalue weighted by Gasteiger charge is 2.32. The minimum absolute atomic E-state index is 0.0355. The highest BCUT2D eigenvalue weighted by molar-refractivity contribution is 7.89. The molecule has 0 saturated heterocycles. The molecule has 0 fully saturated rings. The number of benzene rings is 1. The van der Waals surface area contributed by atoms with Crippen molar-refractivity contribution in [2.45, 2.75) is 37.8 Å². The molecule has 1 amide bonds. The van der Waals surface area contributed by atoms with Crippen molar-refractivity contribution in [1.29, 1.82) is 0 Å². The van der Waals surface area contributed by atoms with Crippen molar-refractivity contribution in [1.82, 2.24) is 9.62 Å². The van der Waals surface area contributed by atoms with Gasteiger partial charge >= 0.3 is 5.97 Å². The maximum Gasteiger partial charge on any atom is 0.325 e. The first-order valence-corrected chi connectivity index (χ1v) is 11.2. The molecular weight excluding hydrogens is 400 g/mol. The number of carbonyl (C=O) groups is 2. The minimum atomic E-state index is -3.83. The van der Waals surface area contributed by atoms with Crippen LogP contribution in [-0.4, -0.2) is 43.8 Å². The van der Waals surface area contributed by atoms with E-state index >= 15 is 0 Å². The number of esters is 1. The fraction of sp³-hybridized carbons (Fsp3) is 0.368. The topological polar surface area (TPSA) is 92.8 Å². The maximum absolute atomic E-state index is 13.1. The molecule has 0 aliphatic carbocycles. The molecule has 1 aromatic carbocycles. The molecule has 3 rings (SSSR count). The van der Waals surface area contributed by atoms with Crippen LogP contribution in [0.4, 0.5) is 0 Å². The summed E-state index contributed by atoms with van der Waals surface area (Å²) in [6, 6.07) is 9.17. The fourth-order valence-electron chi connectivity index (χ4n) is 3.02. The molecule has 2 aromatic rings. The molecule has 9 heteroatoms. The van der Waals surface area contributed by atoms with Crippen LogP contribution in [0.3, 0.4) is 0 Å². The lowest BCUT2D eigenvalue weighted by Gasteiger charge is -2.28. The van der Waals surface area contributed by atoms with E-state index in [1.165, 1.54) is 10.4 Å². The highest BCUT2D eigenvalue weighted by atomic mass is 32.2. The number of carbonyl (C=O) groups excluding carboxylic acids is 2. The Morgan fingerprint density at radius 1 is 1.21 bits per heavy atom. The van der Waals surface area contributed by atoms with Gasteiger partial charge in [0.05, 0.1) is 6.10 Å². The summed E-state index contributed by atoms with van der Waals surface area (Å²) < 4.78 is 32.6. The van der Waals surface area contributed by atoms with Crippen LogP contribution in [0.5, 0.6) is 0 Å². The second-order valence-corrected chi connectivity index (χ2v) is 9.52. The molecule has 0 unspecified atom stereocenters. The lowest BCUT2D eigenvalue weighted by atomic mass is 10.0.